The molecular formula is C15H20N4O5S. The van der Waals surface area contributed by atoms with E-state index in [4.69, 9.17) is 15.4 Å². The van der Waals surface area contributed by atoms with Gasteiger partial charge in [-0.25, -0.2) is 9.79 Å². The van der Waals surface area contributed by atoms with Gasteiger partial charge in [0.05, 0.1) is 12.1 Å². The molecule has 0 spiro atoms. The number of nitrogens with two attached hydrogens (primary N) is 1. The minimum absolute atomic E-state index is 0.145. The highest BCUT2D eigenvalue weighted by molar-refractivity contribution is 8.16. The highest BCUT2D eigenvalue weighted by Crippen LogP contribution is 2.27. The number of aromatic hydroxyl groups is 1. The summed E-state index contributed by atoms with van der Waals surface area (Å²) in [6.07, 6.45) is 1.18. The molecule has 0 unspecified atom stereocenters. The standard InChI is InChI=1S/C15H20N4O5S/c1-3-4-10(11-5-9(20)6-12(21)24-11)17-14(22)15(16)7-25-13(18-15)8(2)19-23/h5-6,10,20,23H,3-4,7,16H2,1-2H3,(H,17,22)/b19-8+/t10-,15+/m1/s1. The van der Waals surface area contributed by atoms with Gasteiger partial charge in [-0.2, -0.15) is 0 Å². The lowest BCUT2D eigenvalue weighted by atomic mass is 10.1. The van der Waals surface area contributed by atoms with Crippen LogP contribution in [0.5, 0.6) is 5.75 Å². The zero-order valence-electron chi connectivity index (χ0n) is 13.9. The van der Waals surface area contributed by atoms with E-state index in [0.717, 1.165) is 6.07 Å². The fraction of sp³-hybridized carbons (Fsp3) is 0.467. The molecule has 1 aliphatic rings. The number of carbonyl (C=O) groups excluding carboxylic acids is 1. The molecule has 136 valence electrons. The van der Waals surface area contributed by atoms with Crippen LogP contribution in [0.25, 0.3) is 0 Å². The first kappa shape index (κ1) is 19.0. The Labute approximate surface area is 148 Å². The van der Waals surface area contributed by atoms with Gasteiger partial charge in [0.1, 0.15) is 22.3 Å². The summed E-state index contributed by atoms with van der Waals surface area (Å²) in [5.41, 5.74) is 4.11. The van der Waals surface area contributed by atoms with Gasteiger partial charge >= 0.3 is 5.63 Å². The van der Waals surface area contributed by atoms with Crippen LogP contribution in [0.3, 0.4) is 0 Å². The predicted octanol–water partition coefficient (Wildman–Crippen LogP) is 0.953. The third-order valence-corrected chi connectivity index (χ3v) is 4.83. The topological polar surface area (TPSA) is 151 Å². The van der Waals surface area contributed by atoms with Crippen molar-refractivity contribution in [3.8, 4) is 5.75 Å². The Morgan fingerprint density at radius 1 is 1.60 bits per heavy atom. The Hall–Kier alpha value is -2.33. The van der Waals surface area contributed by atoms with Crippen molar-refractivity contribution < 1.29 is 19.5 Å². The van der Waals surface area contributed by atoms with E-state index < -0.39 is 23.2 Å². The minimum Gasteiger partial charge on any atom is -0.508 e. The number of thioether (sulfide) groups is 1. The molecule has 1 aromatic heterocycles. The van der Waals surface area contributed by atoms with Gasteiger partial charge < -0.3 is 20.0 Å². The van der Waals surface area contributed by atoms with Crippen molar-refractivity contribution in [1.82, 2.24) is 5.32 Å². The van der Waals surface area contributed by atoms with Gasteiger partial charge in [0, 0.05) is 11.8 Å². The number of amides is 1. The van der Waals surface area contributed by atoms with Gasteiger partial charge in [-0.15, -0.1) is 11.8 Å². The van der Waals surface area contributed by atoms with E-state index in [1.165, 1.54) is 17.8 Å². The molecule has 0 bridgehead atoms. The summed E-state index contributed by atoms with van der Waals surface area (Å²) in [5, 5.41) is 24.5. The van der Waals surface area contributed by atoms with Gasteiger partial charge in [0.15, 0.2) is 5.66 Å². The molecule has 25 heavy (non-hydrogen) atoms. The van der Waals surface area contributed by atoms with E-state index in [1.54, 1.807) is 6.92 Å². The molecule has 2 atom stereocenters. The van der Waals surface area contributed by atoms with E-state index in [1.807, 2.05) is 6.92 Å². The largest absolute Gasteiger partial charge is 0.508 e. The first-order chi connectivity index (χ1) is 11.8. The zero-order chi connectivity index (χ0) is 18.6. The number of rotatable bonds is 6. The number of nitrogens with one attached hydrogen (secondary N) is 1. The lowest BCUT2D eigenvalue weighted by Gasteiger charge is -2.23. The summed E-state index contributed by atoms with van der Waals surface area (Å²) in [6.45, 7) is 3.46. The fourth-order valence-electron chi connectivity index (χ4n) is 2.28. The Morgan fingerprint density at radius 3 is 2.92 bits per heavy atom. The quantitative estimate of drug-likeness (QED) is 0.331. The average molecular weight is 368 g/mol. The van der Waals surface area contributed by atoms with Crippen molar-refractivity contribution in [2.75, 3.05) is 5.75 Å². The third-order valence-electron chi connectivity index (χ3n) is 3.58. The van der Waals surface area contributed by atoms with Crippen LogP contribution in [0.15, 0.2) is 31.5 Å². The Morgan fingerprint density at radius 2 is 2.32 bits per heavy atom. The summed E-state index contributed by atoms with van der Waals surface area (Å²) in [7, 11) is 0. The van der Waals surface area contributed by atoms with Crippen LogP contribution in [-0.2, 0) is 4.79 Å². The minimum atomic E-state index is -1.52. The lowest BCUT2D eigenvalue weighted by Crippen LogP contribution is -2.54. The second-order valence-corrected chi connectivity index (χ2v) is 6.63. The molecule has 0 fully saturated rings. The first-order valence-corrected chi connectivity index (χ1v) is 8.63. The number of carbonyl (C=O) groups is 1. The van der Waals surface area contributed by atoms with Crippen molar-refractivity contribution in [1.29, 1.82) is 0 Å². The molecule has 5 N–H and O–H groups in total. The van der Waals surface area contributed by atoms with Crippen molar-refractivity contribution in [2.24, 2.45) is 15.9 Å². The number of hydrogen-bond donors (Lipinski definition) is 4. The zero-order valence-corrected chi connectivity index (χ0v) is 14.7. The molecule has 0 aromatic carbocycles. The molecule has 1 amide bonds. The van der Waals surface area contributed by atoms with E-state index in [9.17, 15) is 14.7 Å². The Kier molecular flexibility index (Phi) is 5.85. The molecule has 9 nitrogen and oxygen atoms in total. The second kappa shape index (κ2) is 7.70. The van der Waals surface area contributed by atoms with E-state index in [0.29, 0.717) is 17.9 Å². The molecule has 2 heterocycles. The molecular weight excluding hydrogens is 348 g/mol. The van der Waals surface area contributed by atoms with Crippen LogP contribution in [-0.4, -0.2) is 38.4 Å². The van der Waals surface area contributed by atoms with Crippen molar-refractivity contribution in [3.05, 3.63) is 28.3 Å². The molecule has 0 saturated carbocycles. The first-order valence-electron chi connectivity index (χ1n) is 7.64. The molecule has 0 aliphatic carbocycles. The average Bonchev–Trinajstić information content (AvgIpc) is 2.96. The molecule has 1 aromatic rings. The van der Waals surface area contributed by atoms with Crippen molar-refractivity contribution in [3.63, 3.8) is 0 Å². The number of aliphatic imine (C=N–C) groups is 1. The summed E-state index contributed by atoms with van der Waals surface area (Å²) >= 11 is 1.21. The summed E-state index contributed by atoms with van der Waals surface area (Å²) in [5.74, 6) is -0.461. The van der Waals surface area contributed by atoms with Gasteiger partial charge in [-0.05, 0) is 13.3 Å². The monoisotopic (exact) mass is 368 g/mol. The second-order valence-electron chi connectivity index (χ2n) is 5.67. The maximum Gasteiger partial charge on any atom is 0.339 e. The van der Waals surface area contributed by atoms with Crippen LogP contribution in [0.1, 0.15) is 38.5 Å². The van der Waals surface area contributed by atoms with Gasteiger partial charge in [0.25, 0.3) is 5.91 Å². The summed E-state index contributed by atoms with van der Waals surface area (Å²) in [4.78, 5) is 28.2. The molecule has 0 radical (unpaired) electrons. The van der Waals surface area contributed by atoms with Crippen LogP contribution < -0.4 is 16.7 Å². The third kappa shape index (κ3) is 4.40. The Balaban J connectivity index is 2.23. The fourth-order valence-corrected chi connectivity index (χ4v) is 3.31. The number of nitrogens with zero attached hydrogens (tertiary/aromatic N) is 2. The molecule has 1 aliphatic heterocycles. The van der Waals surface area contributed by atoms with E-state index >= 15 is 0 Å². The normalized spacial score (nSPS) is 21.7. The maximum absolute atomic E-state index is 12.6. The molecule has 0 saturated heterocycles. The van der Waals surface area contributed by atoms with Crippen molar-refractivity contribution >= 4 is 28.4 Å². The van der Waals surface area contributed by atoms with Crippen LogP contribution in [0.2, 0.25) is 0 Å². The Bertz CT molecular complexity index is 775. The van der Waals surface area contributed by atoms with Gasteiger partial charge in [-0.1, -0.05) is 18.5 Å². The predicted molar refractivity (Wildman–Crippen MR) is 94.1 cm³/mol. The molecule has 2 rings (SSSR count). The highest BCUT2D eigenvalue weighted by Gasteiger charge is 2.40. The summed E-state index contributed by atoms with van der Waals surface area (Å²) in [6, 6.07) is 1.60. The van der Waals surface area contributed by atoms with E-state index in [-0.39, 0.29) is 23.0 Å². The summed E-state index contributed by atoms with van der Waals surface area (Å²) < 4.78 is 5.08. The van der Waals surface area contributed by atoms with Crippen molar-refractivity contribution in [2.45, 2.75) is 38.4 Å². The van der Waals surface area contributed by atoms with Crippen LogP contribution >= 0.6 is 11.8 Å². The number of oxime groups is 1. The van der Waals surface area contributed by atoms with Gasteiger partial charge in [0.2, 0.25) is 0 Å². The SMILES string of the molecule is CCC[C@@H](NC(=O)[C@]1(N)CSC(/C(C)=N/O)=N1)c1cc(O)cc(=O)o1. The lowest BCUT2D eigenvalue weighted by molar-refractivity contribution is -0.126. The molecule has 10 heteroatoms. The van der Waals surface area contributed by atoms with Crippen LogP contribution in [0.4, 0.5) is 0 Å². The van der Waals surface area contributed by atoms with Gasteiger partial charge in [-0.3, -0.25) is 10.5 Å². The number of hydrogen-bond acceptors (Lipinski definition) is 9. The smallest absolute Gasteiger partial charge is 0.339 e. The van der Waals surface area contributed by atoms with E-state index in [2.05, 4.69) is 15.5 Å². The highest BCUT2D eigenvalue weighted by atomic mass is 32.2. The maximum atomic E-state index is 12.6. The van der Waals surface area contributed by atoms with Crippen LogP contribution in [0, 0.1) is 0 Å².